The Balaban J connectivity index is 1.79. The van der Waals surface area contributed by atoms with Crippen molar-refractivity contribution in [2.45, 2.75) is 13.3 Å². The van der Waals surface area contributed by atoms with Gasteiger partial charge in [0.05, 0.1) is 7.11 Å². The van der Waals surface area contributed by atoms with Gasteiger partial charge in [-0.05, 0) is 37.1 Å². The van der Waals surface area contributed by atoms with Gasteiger partial charge in [0.15, 0.2) is 18.1 Å². The van der Waals surface area contributed by atoms with Crippen molar-refractivity contribution in [1.29, 1.82) is 0 Å². The number of phenols is 1. The molecule has 0 aliphatic heterocycles. The van der Waals surface area contributed by atoms with Crippen molar-refractivity contribution < 1.29 is 19.4 Å². The monoisotopic (exact) mass is 315 g/mol. The molecule has 2 aromatic carbocycles. The summed E-state index contributed by atoms with van der Waals surface area (Å²) in [7, 11) is 1.63. The Labute approximate surface area is 135 Å². The third kappa shape index (κ3) is 4.92. The lowest BCUT2D eigenvalue weighted by Gasteiger charge is -2.11. The maximum atomic E-state index is 11.8. The van der Waals surface area contributed by atoms with E-state index < -0.39 is 0 Å². The average molecular weight is 315 g/mol. The molecule has 0 saturated carbocycles. The molecule has 2 N–H and O–H groups in total. The molecule has 0 fully saturated rings. The van der Waals surface area contributed by atoms with Crippen LogP contribution in [0.25, 0.3) is 0 Å². The predicted octanol–water partition coefficient (Wildman–Crippen LogP) is 2.45. The summed E-state index contributed by atoms with van der Waals surface area (Å²) in [5, 5.41) is 12.4. The van der Waals surface area contributed by atoms with E-state index in [-0.39, 0.29) is 18.3 Å². The highest BCUT2D eigenvalue weighted by atomic mass is 16.5. The van der Waals surface area contributed by atoms with E-state index in [1.165, 1.54) is 6.07 Å². The zero-order valence-electron chi connectivity index (χ0n) is 13.3. The summed E-state index contributed by atoms with van der Waals surface area (Å²) < 4.78 is 10.6. The lowest BCUT2D eigenvalue weighted by atomic mass is 10.1. The first-order chi connectivity index (χ1) is 11.1. The van der Waals surface area contributed by atoms with E-state index >= 15 is 0 Å². The number of carbonyl (C=O) groups is 1. The largest absolute Gasteiger partial charge is 0.504 e. The van der Waals surface area contributed by atoms with Crippen LogP contribution >= 0.6 is 0 Å². The van der Waals surface area contributed by atoms with Crippen molar-refractivity contribution in [1.82, 2.24) is 5.32 Å². The maximum absolute atomic E-state index is 11.8. The number of hydrogen-bond donors (Lipinski definition) is 2. The Hall–Kier alpha value is -2.69. The zero-order valence-corrected chi connectivity index (χ0v) is 13.3. The fourth-order valence-electron chi connectivity index (χ4n) is 2.21. The molecule has 2 aromatic rings. The molecule has 1 amide bonds. The normalized spacial score (nSPS) is 10.2. The highest BCUT2D eigenvalue weighted by Gasteiger charge is 2.07. The molecular weight excluding hydrogens is 294 g/mol. The SMILES string of the molecule is COc1ccc(C)cc1CCNC(=O)COc1ccccc1O. The molecule has 2 rings (SSSR count). The lowest BCUT2D eigenvalue weighted by molar-refractivity contribution is -0.123. The van der Waals surface area contributed by atoms with Gasteiger partial charge in [-0.2, -0.15) is 0 Å². The van der Waals surface area contributed by atoms with Crippen LogP contribution in [0.5, 0.6) is 17.2 Å². The second-order valence-corrected chi connectivity index (χ2v) is 5.17. The van der Waals surface area contributed by atoms with Gasteiger partial charge in [-0.15, -0.1) is 0 Å². The summed E-state index contributed by atoms with van der Waals surface area (Å²) in [5.74, 6) is 0.892. The lowest BCUT2D eigenvalue weighted by Crippen LogP contribution is -2.30. The molecule has 0 heterocycles. The Kier molecular flexibility index (Phi) is 5.86. The van der Waals surface area contributed by atoms with E-state index in [1.807, 2.05) is 25.1 Å². The van der Waals surface area contributed by atoms with E-state index in [0.717, 1.165) is 16.9 Å². The smallest absolute Gasteiger partial charge is 0.257 e. The quantitative estimate of drug-likeness (QED) is 0.823. The topological polar surface area (TPSA) is 67.8 Å². The van der Waals surface area contributed by atoms with Crippen molar-refractivity contribution >= 4 is 5.91 Å². The summed E-state index contributed by atoms with van der Waals surface area (Å²) in [4.78, 5) is 11.8. The average Bonchev–Trinajstić information content (AvgIpc) is 2.54. The van der Waals surface area contributed by atoms with Gasteiger partial charge in [0, 0.05) is 6.54 Å². The number of hydrogen-bond acceptors (Lipinski definition) is 4. The minimum Gasteiger partial charge on any atom is -0.504 e. The third-order valence-electron chi connectivity index (χ3n) is 3.38. The van der Waals surface area contributed by atoms with E-state index in [0.29, 0.717) is 18.7 Å². The van der Waals surface area contributed by atoms with Crippen LogP contribution in [-0.2, 0) is 11.2 Å². The number of methoxy groups -OCH3 is 1. The number of rotatable bonds is 7. The highest BCUT2D eigenvalue weighted by molar-refractivity contribution is 5.77. The molecule has 0 aliphatic carbocycles. The number of ether oxygens (including phenoxy) is 2. The number of para-hydroxylation sites is 2. The van der Waals surface area contributed by atoms with Crippen LogP contribution in [0.15, 0.2) is 42.5 Å². The highest BCUT2D eigenvalue weighted by Crippen LogP contribution is 2.24. The number of aryl methyl sites for hydroxylation is 1. The first kappa shape index (κ1) is 16.7. The fourth-order valence-corrected chi connectivity index (χ4v) is 2.21. The van der Waals surface area contributed by atoms with Gasteiger partial charge < -0.3 is 19.9 Å². The van der Waals surface area contributed by atoms with E-state index in [1.54, 1.807) is 25.3 Å². The van der Waals surface area contributed by atoms with Crippen molar-refractivity contribution in [2.75, 3.05) is 20.3 Å². The molecule has 0 aliphatic rings. The fraction of sp³-hybridized carbons (Fsp3) is 0.278. The molecule has 122 valence electrons. The minimum atomic E-state index is -0.236. The molecule has 0 radical (unpaired) electrons. The number of benzene rings is 2. The van der Waals surface area contributed by atoms with Crippen molar-refractivity contribution in [3.8, 4) is 17.2 Å². The van der Waals surface area contributed by atoms with Gasteiger partial charge >= 0.3 is 0 Å². The van der Waals surface area contributed by atoms with Crippen molar-refractivity contribution in [2.24, 2.45) is 0 Å². The molecule has 5 heteroatoms. The van der Waals surface area contributed by atoms with Gasteiger partial charge in [-0.25, -0.2) is 0 Å². The second kappa shape index (κ2) is 8.08. The zero-order chi connectivity index (χ0) is 16.7. The summed E-state index contributed by atoms with van der Waals surface area (Å²) in [6.07, 6.45) is 0.674. The van der Waals surface area contributed by atoms with Crippen molar-refractivity contribution in [3.63, 3.8) is 0 Å². The molecule has 0 spiro atoms. The van der Waals surface area contributed by atoms with Crippen LogP contribution < -0.4 is 14.8 Å². The van der Waals surface area contributed by atoms with E-state index in [4.69, 9.17) is 9.47 Å². The molecule has 0 saturated heterocycles. The molecule has 5 nitrogen and oxygen atoms in total. The molecule has 0 atom stereocenters. The van der Waals surface area contributed by atoms with Crippen LogP contribution in [0.1, 0.15) is 11.1 Å². The first-order valence-corrected chi connectivity index (χ1v) is 7.41. The summed E-state index contributed by atoms with van der Waals surface area (Å²) in [6.45, 7) is 2.37. The molecule has 23 heavy (non-hydrogen) atoms. The summed E-state index contributed by atoms with van der Waals surface area (Å²) >= 11 is 0. The molecule has 0 unspecified atom stereocenters. The maximum Gasteiger partial charge on any atom is 0.257 e. The first-order valence-electron chi connectivity index (χ1n) is 7.41. The van der Waals surface area contributed by atoms with E-state index in [9.17, 15) is 9.90 Å². The Morgan fingerprint density at radius 3 is 2.70 bits per heavy atom. The van der Waals surface area contributed by atoms with Gasteiger partial charge in [0.2, 0.25) is 0 Å². The Bertz CT molecular complexity index is 670. The van der Waals surface area contributed by atoms with Gasteiger partial charge in [0.25, 0.3) is 5.91 Å². The van der Waals surface area contributed by atoms with Gasteiger partial charge in [-0.3, -0.25) is 4.79 Å². The van der Waals surface area contributed by atoms with Crippen LogP contribution in [0.4, 0.5) is 0 Å². The molecule has 0 bridgehead atoms. The number of carbonyl (C=O) groups excluding carboxylic acids is 1. The second-order valence-electron chi connectivity index (χ2n) is 5.17. The van der Waals surface area contributed by atoms with Crippen LogP contribution in [0, 0.1) is 6.92 Å². The van der Waals surface area contributed by atoms with Gasteiger partial charge in [0.1, 0.15) is 5.75 Å². The number of phenolic OH excluding ortho intramolecular Hbond substituents is 1. The molecular formula is C18H21NO4. The molecule has 0 aromatic heterocycles. The number of aromatic hydroxyl groups is 1. The predicted molar refractivity (Wildman–Crippen MR) is 88.0 cm³/mol. The van der Waals surface area contributed by atoms with Gasteiger partial charge in [-0.1, -0.05) is 29.8 Å². The Morgan fingerprint density at radius 2 is 1.96 bits per heavy atom. The minimum absolute atomic E-state index is 0.0183. The third-order valence-corrected chi connectivity index (χ3v) is 3.38. The van der Waals surface area contributed by atoms with Crippen molar-refractivity contribution in [3.05, 3.63) is 53.6 Å². The summed E-state index contributed by atoms with van der Waals surface area (Å²) in [5.41, 5.74) is 2.20. The van der Waals surface area contributed by atoms with Crippen LogP contribution in [-0.4, -0.2) is 31.3 Å². The standard InChI is InChI=1S/C18H21NO4/c1-13-7-8-16(22-2)14(11-13)9-10-19-18(21)12-23-17-6-4-3-5-15(17)20/h3-8,11,20H,9-10,12H2,1-2H3,(H,19,21). The number of amides is 1. The number of nitrogens with one attached hydrogen (secondary N) is 1. The van der Waals surface area contributed by atoms with Crippen LogP contribution in [0.2, 0.25) is 0 Å². The summed E-state index contributed by atoms with van der Waals surface area (Å²) in [6, 6.07) is 12.5. The van der Waals surface area contributed by atoms with Crippen LogP contribution in [0.3, 0.4) is 0 Å². The van der Waals surface area contributed by atoms with E-state index in [2.05, 4.69) is 5.32 Å². The Morgan fingerprint density at radius 1 is 1.17 bits per heavy atom.